The molecule has 0 spiro atoms. The number of nitrogens with one attached hydrogen (secondary N) is 1. The van der Waals surface area contributed by atoms with Gasteiger partial charge in [0.15, 0.2) is 10.9 Å². The maximum absolute atomic E-state index is 5.77. The minimum absolute atomic E-state index is 0.660. The summed E-state index contributed by atoms with van der Waals surface area (Å²) >= 11 is 5.77. The second kappa shape index (κ2) is 10.0. The van der Waals surface area contributed by atoms with Crippen LogP contribution in [0.2, 0.25) is 0 Å². The molecule has 4 aromatic rings. The van der Waals surface area contributed by atoms with Crippen molar-refractivity contribution in [3.8, 4) is 0 Å². The van der Waals surface area contributed by atoms with E-state index in [1.807, 2.05) is 29.1 Å². The molecule has 31 heavy (non-hydrogen) atoms. The molecular weight excluding hydrogens is 400 g/mol. The molecule has 0 saturated heterocycles. The third-order valence-corrected chi connectivity index (χ3v) is 5.42. The van der Waals surface area contributed by atoms with Gasteiger partial charge in [-0.3, -0.25) is 4.68 Å². The number of hydrogen-bond donors (Lipinski definition) is 1. The summed E-state index contributed by atoms with van der Waals surface area (Å²) < 4.78 is 1.92. The Morgan fingerprint density at radius 3 is 1.97 bits per heavy atom. The first kappa shape index (κ1) is 20.8. The third-order valence-electron chi connectivity index (χ3n) is 5.06. The highest BCUT2D eigenvalue weighted by Crippen LogP contribution is 2.14. The predicted octanol–water partition coefficient (Wildman–Crippen LogP) is 5.64. The molecule has 0 aliphatic carbocycles. The highest BCUT2D eigenvalue weighted by atomic mass is 32.1. The highest BCUT2D eigenvalue weighted by molar-refractivity contribution is 7.80. The topological polar surface area (TPSA) is 33.1 Å². The molecule has 0 atom stereocenters. The molecule has 4 nitrogen and oxygen atoms in total. The van der Waals surface area contributed by atoms with Crippen molar-refractivity contribution in [2.75, 3.05) is 5.32 Å². The molecule has 156 valence electrons. The highest BCUT2D eigenvalue weighted by Gasteiger charge is 2.13. The van der Waals surface area contributed by atoms with Gasteiger partial charge in [-0.05, 0) is 35.8 Å². The number of anilines is 1. The number of thiocarbonyl (C=S) groups is 1. The van der Waals surface area contributed by atoms with E-state index in [0.717, 1.165) is 25.5 Å². The second-order valence-corrected chi connectivity index (χ2v) is 8.03. The van der Waals surface area contributed by atoms with Crippen LogP contribution in [0.15, 0.2) is 97.2 Å². The molecule has 0 saturated carbocycles. The van der Waals surface area contributed by atoms with Gasteiger partial charge in [0.05, 0.1) is 6.54 Å². The van der Waals surface area contributed by atoms with Crippen molar-refractivity contribution in [1.29, 1.82) is 0 Å². The fourth-order valence-corrected chi connectivity index (χ4v) is 3.63. The summed E-state index contributed by atoms with van der Waals surface area (Å²) in [5.74, 6) is 0.753. The van der Waals surface area contributed by atoms with Crippen LogP contribution < -0.4 is 5.32 Å². The fraction of sp³-hybridized carbons (Fsp3) is 0.154. The minimum atomic E-state index is 0.660. The van der Waals surface area contributed by atoms with Crippen LogP contribution in [0.3, 0.4) is 0 Å². The Balaban J connectivity index is 1.45. The monoisotopic (exact) mass is 426 g/mol. The van der Waals surface area contributed by atoms with Gasteiger partial charge in [-0.2, -0.15) is 5.10 Å². The van der Waals surface area contributed by atoms with Gasteiger partial charge in [0.2, 0.25) is 0 Å². The lowest BCUT2D eigenvalue weighted by molar-refractivity contribution is 0.412. The second-order valence-electron chi connectivity index (χ2n) is 7.64. The van der Waals surface area contributed by atoms with Crippen molar-refractivity contribution in [3.05, 3.63) is 119 Å². The molecule has 5 heteroatoms. The largest absolute Gasteiger partial charge is 0.340 e. The third kappa shape index (κ3) is 6.03. The van der Waals surface area contributed by atoms with E-state index in [2.05, 4.69) is 95.0 Å². The minimum Gasteiger partial charge on any atom is -0.340 e. The van der Waals surface area contributed by atoms with E-state index in [4.69, 9.17) is 12.2 Å². The quantitative estimate of drug-likeness (QED) is 0.388. The van der Waals surface area contributed by atoms with E-state index < -0.39 is 0 Å². The summed E-state index contributed by atoms with van der Waals surface area (Å²) in [5, 5.41) is 8.64. The van der Waals surface area contributed by atoms with E-state index in [-0.39, 0.29) is 0 Å². The van der Waals surface area contributed by atoms with Crippen LogP contribution in [-0.4, -0.2) is 19.8 Å². The van der Waals surface area contributed by atoms with Gasteiger partial charge < -0.3 is 10.2 Å². The maximum atomic E-state index is 5.77. The number of nitrogens with zero attached hydrogens (tertiary/aromatic N) is 3. The van der Waals surface area contributed by atoms with Gasteiger partial charge in [-0.1, -0.05) is 90.5 Å². The Labute approximate surface area is 189 Å². The molecule has 0 aliphatic rings. The first-order valence-corrected chi connectivity index (χ1v) is 10.8. The molecular formula is C26H26N4S. The van der Waals surface area contributed by atoms with Gasteiger partial charge in [0.25, 0.3) is 0 Å². The molecule has 1 N–H and O–H groups in total. The van der Waals surface area contributed by atoms with Crippen LogP contribution in [0.25, 0.3) is 0 Å². The lowest BCUT2D eigenvalue weighted by Crippen LogP contribution is -2.34. The van der Waals surface area contributed by atoms with Crippen molar-refractivity contribution in [3.63, 3.8) is 0 Å². The van der Waals surface area contributed by atoms with Gasteiger partial charge in [0.1, 0.15) is 0 Å². The molecule has 3 aromatic carbocycles. The number of rotatable bonds is 7. The van der Waals surface area contributed by atoms with Crippen LogP contribution in [-0.2, 0) is 19.6 Å². The smallest absolute Gasteiger partial charge is 0.175 e. The molecule has 4 rings (SSSR count). The lowest BCUT2D eigenvalue weighted by atomic mass is 10.1. The van der Waals surface area contributed by atoms with Gasteiger partial charge in [-0.25, -0.2) is 0 Å². The van der Waals surface area contributed by atoms with Crippen molar-refractivity contribution >= 4 is 23.1 Å². The summed E-state index contributed by atoms with van der Waals surface area (Å²) in [5.41, 5.74) is 4.91. The Morgan fingerprint density at radius 2 is 1.39 bits per heavy atom. The van der Waals surface area contributed by atoms with Crippen LogP contribution >= 0.6 is 12.2 Å². The predicted molar refractivity (Wildman–Crippen MR) is 131 cm³/mol. The summed E-state index contributed by atoms with van der Waals surface area (Å²) in [6, 6.07) is 31.2. The standard InChI is InChI=1S/C26H26N4S/c1-21-12-14-24(15-13-21)20-30-17-16-25(28-30)27-26(31)29(18-22-8-4-2-5-9-22)19-23-10-6-3-7-11-23/h2-17H,18-20H2,1H3,(H,27,28,31). The van der Waals surface area contributed by atoms with Crippen LogP contribution in [0.5, 0.6) is 0 Å². The number of hydrogen-bond acceptors (Lipinski definition) is 2. The summed E-state index contributed by atoms with van der Waals surface area (Å²) in [6.45, 7) is 4.28. The lowest BCUT2D eigenvalue weighted by Gasteiger charge is -2.25. The first-order chi connectivity index (χ1) is 15.2. The van der Waals surface area contributed by atoms with Crippen molar-refractivity contribution in [2.45, 2.75) is 26.6 Å². The number of benzene rings is 3. The normalized spacial score (nSPS) is 10.6. The zero-order valence-corrected chi connectivity index (χ0v) is 18.4. The molecule has 0 unspecified atom stereocenters. The van der Waals surface area contributed by atoms with E-state index in [1.54, 1.807) is 0 Å². The Kier molecular flexibility index (Phi) is 6.75. The summed E-state index contributed by atoms with van der Waals surface area (Å²) in [6.07, 6.45) is 1.98. The Morgan fingerprint density at radius 1 is 0.806 bits per heavy atom. The molecule has 0 fully saturated rings. The van der Waals surface area contributed by atoms with Crippen LogP contribution in [0.1, 0.15) is 22.3 Å². The summed E-state index contributed by atoms with van der Waals surface area (Å²) in [7, 11) is 0. The molecule has 0 radical (unpaired) electrons. The molecule has 0 amide bonds. The van der Waals surface area contributed by atoms with Crippen molar-refractivity contribution < 1.29 is 0 Å². The Bertz CT molecular complexity index is 1060. The van der Waals surface area contributed by atoms with Gasteiger partial charge in [-0.15, -0.1) is 0 Å². The maximum Gasteiger partial charge on any atom is 0.175 e. The molecule has 1 heterocycles. The van der Waals surface area contributed by atoms with Gasteiger partial charge >= 0.3 is 0 Å². The molecule has 1 aromatic heterocycles. The first-order valence-electron chi connectivity index (χ1n) is 10.4. The molecule has 0 aliphatic heterocycles. The van der Waals surface area contributed by atoms with E-state index in [9.17, 15) is 0 Å². The van der Waals surface area contributed by atoms with Crippen LogP contribution in [0.4, 0.5) is 5.82 Å². The number of aromatic nitrogens is 2. The fourth-order valence-electron chi connectivity index (χ4n) is 3.39. The van der Waals surface area contributed by atoms with E-state index in [0.29, 0.717) is 5.11 Å². The zero-order valence-electron chi connectivity index (χ0n) is 17.6. The average molecular weight is 427 g/mol. The average Bonchev–Trinajstić information content (AvgIpc) is 3.23. The zero-order chi connectivity index (χ0) is 21.5. The SMILES string of the molecule is Cc1ccc(Cn2ccc(NC(=S)N(Cc3ccccc3)Cc3ccccc3)n2)cc1. The van der Waals surface area contributed by atoms with Crippen molar-refractivity contribution in [1.82, 2.24) is 14.7 Å². The van der Waals surface area contributed by atoms with E-state index >= 15 is 0 Å². The van der Waals surface area contributed by atoms with Crippen LogP contribution in [0, 0.1) is 6.92 Å². The van der Waals surface area contributed by atoms with Gasteiger partial charge in [0, 0.05) is 25.4 Å². The Hall–Kier alpha value is -3.44. The van der Waals surface area contributed by atoms with Crippen molar-refractivity contribution in [2.24, 2.45) is 0 Å². The summed E-state index contributed by atoms with van der Waals surface area (Å²) in [4.78, 5) is 2.17. The molecule has 0 bridgehead atoms. The van der Waals surface area contributed by atoms with E-state index in [1.165, 1.54) is 22.3 Å². The number of aryl methyl sites for hydroxylation is 1.